The van der Waals surface area contributed by atoms with Gasteiger partial charge in [0.15, 0.2) is 5.82 Å². The van der Waals surface area contributed by atoms with E-state index in [0.717, 1.165) is 29.3 Å². The molecule has 0 aliphatic heterocycles. The molecule has 2 aromatic heterocycles. The van der Waals surface area contributed by atoms with Gasteiger partial charge >= 0.3 is 5.97 Å². The van der Waals surface area contributed by atoms with Crippen LogP contribution in [0.5, 0.6) is 0 Å². The van der Waals surface area contributed by atoms with Crippen LogP contribution in [0, 0.1) is 0 Å². The van der Waals surface area contributed by atoms with E-state index in [1.165, 1.54) is 0 Å². The van der Waals surface area contributed by atoms with Crippen LogP contribution >= 0.6 is 0 Å². The van der Waals surface area contributed by atoms with Crippen LogP contribution in [0.4, 0.5) is 0 Å². The molecule has 0 spiro atoms. The molecular formula is C17H19N3O3. The largest absolute Gasteiger partial charge is 0.466 e. The molecule has 0 saturated heterocycles. The third-order valence-electron chi connectivity index (χ3n) is 3.62. The summed E-state index contributed by atoms with van der Waals surface area (Å²) >= 11 is 0. The Morgan fingerprint density at radius 1 is 1.30 bits per heavy atom. The van der Waals surface area contributed by atoms with Crippen molar-refractivity contribution in [1.82, 2.24) is 15.1 Å². The quantitative estimate of drug-likeness (QED) is 0.533. The van der Waals surface area contributed by atoms with Gasteiger partial charge in [-0.25, -0.2) is 0 Å². The molecule has 0 aliphatic rings. The van der Waals surface area contributed by atoms with E-state index in [4.69, 9.17) is 9.26 Å². The summed E-state index contributed by atoms with van der Waals surface area (Å²) < 4.78 is 10.3. The zero-order chi connectivity index (χ0) is 16.1. The Balaban J connectivity index is 1.59. The number of H-pyrrole nitrogens is 1. The Bertz CT molecular complexity index is 791. The minimum Gasteiger partial charge on any atom is -0.466 e. The maximum atomic E-state index is 11.3. The molecule has 120 valence electrons. The number of hydrogen-bond acceptors (Lipinski definition) is 5. The number of para-hydroxylation sites is 1. The molecular weight excluding hydrogens is 294 g/mol. The summed E-state index contributed by atoms with van der Waals surface area (Å²) in [4.78, 5) is 18.9. The monoisotopic (exact) mass is 313 g/mol. The molecule has 0 saturated carbocycles. The second-order valence-corrected chi connectivity index (χ2v) is 5.28. The van der Waals surface area contributed by atoms with E-state index in [2.05, 4.69) is 15.1 Å². The van der Waals surface area contributed by atoms with Crippen molar-refractivity contribution in [3.63, 3.8) is 0 Å². The van der Waals surface area contributed by atoms with E-state index in [1.807, 2.05) is 37.4 Å². The summed E-state index contributed by atoms with van der Waals surface area (Å²) in [5.41, 5.74) is 1.95. The van der Waals surface area contributed by atoms with Crippen LogP contribution in [0.1, 0.15) is 32.0 Å². The molecule has 0 radical (unpaired) electrons. The second-order valence-electron chi connectivity index (χ2n) is 5.28. The molecule has 0 amide bonds. The van der Waals surface area contributed by atoms with Gasteiger partial charge in [0.2, 0.25) is 0 Å². The minimum absolute atomic E-state index is 0.153. The molecule has 0 aliphatic carbocycles. The van der Waals surface area contributed by atoms with Gasteiger partial charge in [-0.1, -0.05) is 23.4 Å². The van der Waals surface area contributed by atoms with E-state index in [0.29, 0.717) is 31.2 Å². The molecule has 0 atom stereocenters. The summed E-state index contributed by atoms with van der Waals surface area (Å²) in [6, 6.07) is 7.98. The van der Waals surface area contributed by atoms with Gasteiger partial charge in [0.1, 0.15) is 0 Å². The maximum absolute atomic E-state index is 11.3. The molecule has 23 heavy (non-hydrogen) atoms. The number of unbranched alkanes of at least 4 members (excludes halogenated alkanes) is 1. The van der Waals surface area contributed by atoms with Crippen molar-refractivity contribution in [3.05, 3.63) is 36.3 Å². The topological polar surface area (TPSA) is 81.0 Å². The summed E-state index contributed by atoms with van der Waals surface area (Å²) in [5, 5.41) is 5.08. The highest BCUT2D eigenvalue weighted by atomic mass is 16.5. The summed E-state index contributed by atoms with van der Waals surface area (Å²) in [6.45, 7) is 2.24. The SMILES string of the molecule is CCOC(=O)CCCCc1noc(-c2c[nH]c3ccccc23)n1. The number of carbonyl (C=O) groups excluding carboxylic acids is 1. The van der Waals surface area contributed by atoms with Gasteiger partial charge in [0.05, 0.1) is 12.2 Å². The highest BCUT2D eigenvalue weighted by molar-refractivity contribution is 5.93. The lowest BCUT2D eigenvalue weighted by molar-refractivity contribution is -0.143. The van der Waals surface area contributed by atoms with Crippen molar-refractivity contribution in [1.29, 1.82) is 0 Å². The Labute approximate surface area is 133 Å². The maximum Gasteiger partial charge on any atom is 0.305 e. The first-order chi connectivity index (χ1) is 11.3. The first-order valence-corrected chi connectivity index (χ1v) is 7.82. The lowest BCUT2D eigenvalue weighted by atomic mass is 10.1. The lowest BCUT2D eigenvalue weighted by Gasteiger charge is -1.99. The first-order valence-electron chi connectivity index (χ1n) is 7.82. The number of esters is 1. The average molecular weight is 313 g/mol. The highest BCUT2D eigenvalue weighted by Gasteiger charge is 2.13. The molecule has 3 aromatic rings. The highest BCUT2D eigenvalue weighted by Crippen LogP contribution is 2.27. The number of aromatic amines is 1. The van der Waals surface area contributed by atoms with Gasteiger partial charge in [-0.05, 0) is 25.8 Å². The van der Waals surface area contributed by atoms with Crippen LogP contribution in [0.15, 0.2) is 35.0 Å². The van der Waals surface area contributed by atoms with Crippen molar-refractivity contribution in [2.24, 2.45) is 0 Å². The van der Waals surface area contributed by atoms with Crippen LogP contribution in [-0.2, 0) is 16.0 Å². The van der Waals surface area contributed by atoms with Crippen molar-refractivity contribution in [2.45, 2.75) is 32.6 Å². The van der Waals surface area contributed by atoms with Crippen LogP contribution in [0.25, 0.3) is 22.4 Å². The number of aryl methyl sites for hydroxylation is 1. The van der Waals surface area contributed by atoms with Crippen molar-refractivity contribution < 1.29 is 14.1 Å². The number of rotatable bonds is 7. The van der Waals surface area contributed by atoms with Gasteiger partial charge in [-0.3, -0.25) is 4.79 Å². The van der Waals surface area contributed by atoms with Gasteiger partial charge < -0.3 is 14.2 Å². The minimum atomic E-state index is -0.153. The van der Waals surface area contributed by atoms with Crippen molar-refractivity contribution >= 4 is 16.9 Å². The van der Waals surface area contributed by atoms with Crippen molar-refractivity contribution in [2.75, 3.05) is 6.61 Å². The van der Waals surface area contributed by atoms with Crippen LogP contribution < -0.4 is 0 Å². The number of aromatic nitrogens is 3. The van der Waals surface area contributed by atoms with Gasteiger partial charge in [0, 0.05) is 29.9 Å². The van der Waals surface area contributed by atoms with E-state index in [1.54, 1.807) is 0 Å². The summed E-state index contributed by atoms with van der Waals surface area (Å²) in [6.07, 6.45) is 4.58. The average Bonchev–Trinajstić information content (AvgIpc) is 3.18. The predicted octanol–water partition coefficient (Wildman–Crippen LogP) is 3.49. The van der Waals surface area contributed by atoms with E-state index >= 15 is 0 Å². The third-order valence-corrected chi connectivity index (χ3v) is 3.62. The molecule has 1 N–H and O–H groups in total. The molecule has 6 heteroatoms. The molecule has 0 fully saturated rings. The number of carbonyl (C=O) groups is 1. The number of nitrogens with one attached hydrogen (secondary N) is 1. The Hall–Kier alpha value is -2.63. The second kappa shape index (κ2) is 7.09. The van der Waals surface area contributed by atoms with Gasteiger partial charge in [-0.15, -0.1) is 0 Å². The van der Waals surface area contributed by atoms with Crippen LogP contribution in [-0.4, -0.2) is 27.7 Å². The number of hydrogen-bond donors (Lipinski definition) is 1. The molecule has 1 aromatic carbocycles. The number of fused-ring (bicyclic) bond motifs is 1. The fourth-order valence-corrected chi connectivity index (χ4v) is 2.50. The Morgan fingerprint density at radius 3 is 3.04 bits per heavy atom. The molecule has 0 unspecified atom stereocenters. The van der Waals surface area contributed by atoms with E-state index in [9.17, 15) is 4.79 Å². The fraction of sp³-hybridized carbons (Fsp3) is 0.353. The molecule has 3 rings (SSSR count). The third kappa shape index (κ3) is 3.59. The fourth-order valence-electron chi connectivity index (χ4n) is 2.50. The molecule has 2 heterocycles. The molecule has 6 nitrogen and oxygen atoms in total. The zero-order valence-corrected chi connectivity index (χ0v) is 13.0. The summed E-state index contributed by atoms with van der Waals surface area (Å²) in [7, 11) is 0. The lowest BCUT2D eigenvalue weighted by Crippen LogP contribution is -2.03. The number of nitrogens with zero attached hydrogens (tertiary/aromatic N) is 2. The molecule has 0 bridgehead atoms. The van der Waals surface area contributed by atoms with E-state index < -0.39 is 0 Å². The normalized spacial score (nSPS) is 11.0. The first kappa shape index (κ1) is 15.3. The number of benzene rings is 1. The number of ether oxygens (including phenoxy) is 1. The zero-order valence-electron chi connectivity index (χ0n) is 13.0. The van der Waals surface area contributed by atoms with E-state index in [-0.39, 0.29) is 5.97 Å². The van der Waals surface area contributed by atoms with Crippen LogP contribution in [0.3, 0.4) is 0 Å². The smallest absolute Gasteiger partial charge is 0.305 e. The Morgan fingerprint density at radius 2 is 2.17 bits per heavy atom. The Kier molecular flexibility index (Phi) is 4.71. The van der Waals surface area contributed by atoms with Gasteiger partial charge in [0.25, 0.3) is 5.89 Å². The predicted molar refractivity (Wildman–Crippen MR) is 85.8 cm³/mol. The standard InChI is InChI=1S/C17H19N3O3/c1-2-22-16(21)10-6-5-9-15-19-17(23-20-15)13-11-18-14-8-4-3-7-12(13)14/h3-4,7-8,11,18H,2,5-6,9-10H2,1H3. The summed E-state index contributed by atoms with van der Waals surface area (Å²) in [5.74, 6) is 1.03. The van der Waals surface area contributed by atoms with Crippen LogP contribution in [0.2, 0.25) is 0 Å². The van der Waals surface area contributed by atoms with Gasteiger partial charge in [-0.2, -0.15) is 4.98 Å². The van der Waals surface area contributed by atoms with Crippen molar-refractivity contribution in [3.8, 4) is 11.5 Å².